The van der Waals surface area contributed by atoms with E-state index in [1.165, 1.54) is 5.56 Å². The highest BCUT2D eigenvalue weighted by atomic mass is 16.3. The van der Waals surface area contributed by atoms with Crippen molar-refractivity contribution in [3.05, 3.63) is 23.9 Å². The molecule has 0 aromatic carbocycles. The second-order valence-electron chi connectivity index (χ2n) is 5.72. The molecule has 1 aliphatic heterocycles. The van der Waals surface area contributed by atoms with Crippen LogP contribution in [0.5, 0.6) is 0 Å². The Kier molecular flexibility index (Phi) is 3.88. The molecule has 1 atom stereocenters. The minimum Gasteiger partial charge on any atom is -0.396 e. The molecule has 0 bridgehead atoms. The van der Waals surface area contributed by atoms with Crippen molar-refractivity contribution in [1.29, 1.82) is 0 Å². The maximum atomic E-state index is 9.66. The Bertz CT molecular complexity index is 408. The van der Waals surface area contributed by atoms with Crippen molar-refractivity contribution in [1.82, 2.24) is 9.88 Å². The van der Waals surface area contributed by atoms with Crippen LogP contribution in [-0.2, 0) is 6.54 Å². The Morgan fingerprint density at radius 1 is 1.56 bits per heavy atom. The summed E-state index contributed by atoms with van der Waals surface area (Å²) in [6.45, 7) is 7.57. The van der Waals surface area contributed by atoms with Gasteiger partial charge in [0, 0.05) is 24.7 Å². The summed E-state index contributed by atoms with van der Waals surface area (Å²) in [5.74, 6) is 1.08. The molecule has 1 unspecified atom stereocenters. The van der Waals surface area contributed by atoms with Crippen molar-refractivity contribution in [2.45, 2.75) is 26.8 Å². The molecule has 0 aliphatic carbocycles. The lowest BCUT2D eigenvalue weighted by Crippen LogP contribution is -2.35. The van der Waals surface area contributed by atoms with E-state index >= 15 is 0 Å². The van der Waals surface area contributed by atoms with Gasteiger partial charge in [-0.1, -0.05) is 13.8 Å². The van der Waals surface area contributed by atoms with Gasteiger partial charge in [0.1, 0.15) is 5.82 Å². The molecule has 1 aliphatic rings. The summed E-state index contributed by atoms with van der Waals surface area (Å²) in [5, 5.41) is 9.66. The van der Waals surface area contributed by atoms with E-state index in [1.54, 1.807) is 6.20 Å². The van der Waals surface area contributed by atoms with E-state index in [0.717, 1.165) is 26.1 Å². The number of hydrogen-bond acceptors (Lipinski definition) is 4. The first-order valence-corrected chi connectivity index (χ1v) is 6.59. The van der Waals surface area contributed by atoms with Crippen LogP contribution >= 0.6 is 0 Å². The Hall–Kier alpha value is -1.13. The zero-order chi connectivity index (χ0) is 13.2. The molecule has 18 heavy (non-hydrogen) atoms. The molecule has 4 heteroatoms. The Morgan fingerprint density at radius 3 is 2.89 bits per heavy atom. The molecule has 2 heterocycles. The van der Waals surface area contributed by atoms with Gasteiger partial charge in [-0.05, 0) is 36.6 Å². The molecule has 1 fully saturated rings. The number of nitrogens with two attached hydrogens (primary N) is 1. The number of nitrogens with zero attached hydrogens (tertiary/aromatic N) is 2. The van der Waals surface area contributed by atoms with Crippen LogP contribution in [0.3, 0.4) is 0 Å². The van der Waals surface area contributed by atoms with Crippen LogP contribution in [-0.4, -0.2) is 34.7 Å². The third kappa shape index (κ3) is 2.65. The fraction of sp³-hybridized carbons (Fsp3) is 0.643. The first-order valence-electron chi connectivity index (χ1n) is 6.59. The van der Waals surface area contributed by atoms with Gasteiger partial charge in [0.2, 0.25) is 0 Å². The predicted molar refractivity (Wildman–Crippen MR) is 72.9 cm³/mol. The summed E-state index contributed by atoms with van der Waals surface area (Å²) in [5.41, 5.74) is 6.95. The number of nitrogen functional groups attached to an aromatic ring is 1. The zero-order valence-corrected chi connectivity index (χ0v) is 11.3. The molecule has 0 saturated carbocycles. The standard InChI is InChI=1S/C14H23N3O/c1-11(2)14(10-18)4-6-17(9-14)8-12-3-5-16-13(15)7-12/h3,5,7,11,18H,4,6,8-10H2,1-2H3,(H2,15,16). The average Bonchev–Trinajstić information content (AvgIpc) is 2.74. The van der Waals surface area contributed by atoms with Crippen molar-refractivity contribution >= 4 is 5.82 Å². The van der Waals surface area contributed by atoms with E-state index in [9.17, 15) is 5.11 Å². The SMILES string of the molecule is CC(C)C1(CO)CCN(Cc2ccnc(N)c2)C1. The normalized spacial score (nSPS) is 24.9. The Morgan fingerprint density at radius 2 is 2.33 bits per heavy atom. The third-order valence-corrected chi connectivity index (χ3v) is 4.26. The smallest absolute Gasteiger partial charge is 0.123 e. The number of rotatable bonds is 4. The van der Waals surface area contributed by atoms with Crippen LogP contribution in [0.1, 0.15) is 25.8 Å². The molecular weight excluding hydrogens is 226 g/mol. The van der Waals surface area contributed by atoms with Crippen LogP contribution in [0.25, 0.3) is 0 Å². The fourth-order valence-corrected chi connectivity index (χ4v) is 2.75. The summed E-state index contributed by atoms with van der Waals surface area (Å²) in [6, 6.07) is 3.93. The average molecular weight is 249 g/mol. The lowest BCUT2D eigenvalue weighted by Gasteiger charge is -2.31. The lowest BCUT2D eigenvalue weighted by molar-refractivity contribution is 0.0820. The molecule has 1 aromatic rings. The van der Waals surface area contributed by atoms with Crippen LogP contribution in [0.4, 0.5) is 5.82 Å². The highest BCUT2D eigenvalue weighted by molar-refractivity contribution is 5.31. The van der Waals surface area contributed by atoms with Crippen LogP contribution in [0, 0.1) is 11.3 Å². The minimum absolute atomic E-state index is 0.0680. The van der Waals surface area contributed by atoms with Gasteiger partial charge in [-0.25, -0.2) is 4.98 Å². The summed E-state index contributed by atoms with van der Waals surface area (Å²) in [6.07, 6.45) is 2.82. The third-order valence-electron chi connectivity index (χ3n) is 4.26. The monoisotopic (exact) mass is 249 g/mol. The van der Waals surface area contributed by atoms with E-state index in [-0.39, 0.29) is 12.0 Å². The number of aliphatic hydroxyl groups is 1. The van der Waals surface area contributed by atoms with Gasteiger partial charge in [0.25, 0.3) is 0 Å². The molecule has 0 radical (unpaired) electrons. The highest BCUT2D eigenvalue weighted by Crippen LogP contribution is 2.37. The summed E-state index contributed by atoms with van der Waals surface area (Å²) < 4.78 is 0. The van der Waals surface area contributed by atoms with Crippen LogP contribution in [0.15, 0.2) is 18.3 Å². The van der Waals surface area contributed by atoms with E-state index in [1.807, 2.05) is 12.1 Å². The lowest BCUT2D eigenvalue weighted by atomic mass is 9.77. The molecule has 0 spiro atoms. The summed E-state index contributed by atoms with van der Waals surface area (Å²) in [7, 11) is 0. The molecule has 1 saturated heterocycles. The number of hydrogen-bond donors (Lipinski definition) is 2. The molecule has 4 nitrogen and oxygen atoms in total. The van der Waals surface area contributed by atoms with Crippen LogP contribution in [0.2, 0.25) is 0 Å². The minimum atomic E-state index is 0.0680. The maximum Gasteiger partial charge on any atom is 0.123 e. The molecule has 0 amide bonds. The number of pyridine rings is 1. The second-order valence-corrected chi connectivity index (χ2v) is 5.72. The summed E-state index contributed by atoms with van der Waals surface area (Å²) >= 11 is 0. The highest BCUT2D eigenvalue weighted by Gasteiger charge is 2.39. The molecular formula is C14H23N3O. The van der Waals surface area contributed by atoms with Crippen molar-refractivity contribution in [3.63, 3.8) is 0 Å². The van der Waals surface area contributed by atoms with Gasteiger partial charge in [-0.15, -0.1) is 0 Å². The number of anilines is 1. The first-order chi connectivity index (χ1) is 8.55. The van der Waals surface area contributed by atoms with Gasteiger partial charge >= 0.3 is 0 Å². The van der Waals surface area contributed by atoms with E-state index < -0.39 is 0 Å². The predicted octanol–water partition coefficient (Wildman–Crippen LogP) is 1.50. The van der Waals surface area contributed by atoms with E-state index in [0.29, 0.717) is 11.7 Å². The summed E-state index contributed by atoms with van der Waals surface area (Å²) in [4.78, 5) is 6.40. The zero-order valence-electron chi connectivity index (χ0n) is 11.3. The van der Waals surface area contributed by atoms with E-state index in [4.69, 9.17) is 5.73 Å². The van der Waals surface area contributed by atoms with Gasteiger partial charge in [-0.3, -0.25) is 4.90 Å². The molecule has 100 valence electrons. The molecule has 3 N–H and O–H groups in total. The first kappa shape index (κ1) is 13.3. The van der Waals surface area contributed by atoms with Crippen LogP contribution < -0.4 is 5.73 Å². The Labute approximate surface area is 109 Å². The fourth-order valence-electron chi connectivity index (χ4n) is 2.75. The Balaban J connectivity index is 2.01. The van der Waals surface area contributed by atoms with Crippen molar-refractivity contribution in [2.75, 3.05) is 25.4 Å². The maximum absolute atomic E-state index is 9.66. The topological polar surface area (TPSA) is 62.4 Å². The van der Waals surface area contributed by atoms with Gasteiger partial charge in [0.15, 0.2) is 0 Å². The second kappa shape index (κ2) is 5.24. The molecule has 2 rings (SSSR count). The largest absolute Gasteiger partial charge is 0.396 e. The van der Waals surface area contributed by atoms with Gasteiger partial charge < -0.3 is 10.8 Å². The number of aromatic nitrogens is 1. The van der Waals surface area contributed by atoms with Gasteiger partial charge in [-0.2, -0.15) is 0 Å². The quantitative estimate of drug-likeness (QED) is 0.849. The van der Waals surface area contributed by atoms with E-state index in [2.05, 4.69) is 23.7 Å². The number of aliphatic hydroxyl groups excluding tert-OH is 1. The van der Waals surface area contributed by atoms with Gasteiger partial charge in [0.05, 0.1) is 6.61 Å². The van der Waals surface area contributed by atoms with Crippen molar-refractivity contribution in [2.24, 2.45) is 11.3 Å². The van der Waals surface area contributed by atoms with Crippen molar-refractivity contribution < 1.29 is 5.11 Å². The molecule has 1 aromatic heterocycles. The number of likely N-dealkylation sites (tertiary alicyclic amines) is 1. The van der Waals surface area contributed by atoms with Crippen molar-refractivity contribution in [3.8, 4) is 0 Å².